The van der Waals surface area contributed by atoms with Gasteiger partial charge in [0.15, 0.2) is 8.32 Å². The molecule has 108 valence electrons. The summed E-state index contributed by atoms with van der Waals surface area (Å²) in [4.78, 5) is 0. The summed E-state index contributed by atoms with van der Waals surface area (Å²) in [6.45, 7) is 11.7. The maximum atomic E-state index is 6.73. The van der Waals surface area contributed by atoms with Crippen molar-refractivity contribution >= 4 is 8.32 Å². The van der Waals surface area contributed by atoms with E-state index in [1.54, 1.807) is 0 Å². The Hall–Kier alpha value is -0.263. The largest absolute Gasteiger partial charge is 0.414 e. The number of fused-ring (bicyclic) bond motifs is 1. The highest BCUT2D eigenvalue weighted by atomic mass is 28.4. The molecule has 0 aliphatic heterocycles. The van der Waals surface area contributed by atoms with E-state index in [-0.39, 0.29) is 5.41 Å². The minimum Gasteiger partial charge on any atom is -0.414 e. The van der Waals surface area contributed by atoms with Gasteiger partial charge < -0.3 is 4.43 Å². The Balaban J connectivity index is 2.16. The van der Waals surface area contributed by atoms with Crippen LogP contribution in [0.1, 0.15) is 59.3 Å². The molecule has 0 saturated heterocycles. The van der Waals surface area contributed by atoms with Crippen molar-refractivity contribution in [2.45, 2.75) is 83.5 Å². The molecule has 2 saturated carbocycles. The van der Waals surface area contributed by atoms with Crippen LogP contribution in [0.3, 0.4) is 0 Å². The lowest BCUT2D eigenvalue weighted by Gasteiger charge is -2.46. The van der Waals surface area contributed by atoms with Crippen molar-refractivity contribution in [3.8, 4) is 12.3 Å². The van der Waals surface area contributed by atoms with Gasteiger partial charge in [0.05, 0.1) is 0 Å². The molecule has 0 heterocycles. The van der Waals surface area contributed by atoms with Gasteiger partial charge in [-0.3, -0.25) is 0 Å². The molecule has 2 heteroatoms. The van der Waals surface area contributed by atoms with Crippen molar-refractivity contribution in [2.75, 3.05) is 0 Å². The molecule has 2 aliphatic rings. The van der Waals surface area contributed by atoms with E-state index in [1.807, 2.05) is 0 Å². The SMILES string of the molecule is C#C[C@]12CCC[C@@H](O[Si](C)(C)C(C)(C)C)[C@@H]1CCC2. The highest BCUT2D eigenvalue weighted by Crippen LogP contribution is 2.54. The van der Waals surface area contributed by atoms with Gasteiger partial charge in [0.1, 0.15) is 0 Å². The van der Waals surface area contributed by atoms with Gasteiger partial charge in [0.2, 0.25) is 0 Å². The van der Waals surface area contributed by atoms with Gasteiger partial charge in [0, 0.05) is 17.4 Å². The molecule has 0 aromatic carbocycles. The summed E-state index contributed by atoms with van der Waals surface area (Å²) in [5.41, 5.74) is 0.172. The molecule has 3 atom stereocenters. The number of hydrogen-bond acceptors (Lipinski definition) is 1. The predicted molar refractivity (Wildman–Crippen MR) is 84.5 cm³/mol. The zero-order valence-electron chi connectivity index (χ0n) is 13.4. The topological polar surface area (TPSA) is 9.23 Å². The second-order valence-electron chi connectivity index (χ2n) is 8.11. The molecule has 2 aliphatic carbocycles. The normalized spacial score (nSPS) is 35.8. The molecule has 2 fully saturated rings. The van der Waals surface area contributed by atoms with Crippen molar-refractivity contribution in [1.82, 2.24) is 0 Å². The van der Waals surface area contributed by atoms with E-state index in [0.29, 0.717) is 17.1 Å². The van der Waals surface area contributed by atoms with Crippen LogP contribution in [0.2, 0.25) is 18.1 Å². The smallest absolute Gasteiger partial charge is 0.192 e. The lowest BCUT2D eigenvalue weighted by Crippen LogP contribution is -2.49. The summed E-state index contributed by atoms with van der Waals surface area (Å²) in [5.74, 6) is 3.79. The molecule has 1 nitrogen and oxygen atoms in total. The van der Waals surface area contributed by atoms with Gasteiger partial charge in [-0.2, -0.15) is 0 Å². The van der Waals surface area contributed by atoms with Crippen LogP contribution >= 0.6 is 0 Å². The van der Waals surface area contributed by atoms with E-state index in [0.717, 1.165) is 0 Å². The highest BCUT2D eigenvalue weighted by Gasteiger charge is 2.50. The van der Waals surface area contributed by atoms with Crippen molar-refractivity contribution in [1.29, 1.82) is 0 Å². The van der Waals surface area contributed by atoms with Crippen LogP contribution in [0.15, 0.2) is 0 Å². The molecular formula is C17H30OSi. The number of rotatable bonds is 2. The fraction of sp³-hybridized carbons (Fsp3) is 0.882. The van der Waals surface area contributed by atoms with E-state index in [4.69, 9.17) is 10.8 Å². The summed E-state index contributed by atoms with van der Waals surface area (Å²) in [5, 5.41) is 0.294. The van der Waals surface area contributed by atoms with Crippen LogP contribution in [0.4, 0.5) is 0 Å². The van der Waals surface area contributed by atoms with E-state index < -0.39 is 8.32 Å². The lowest BCUT2D eigenvalue weighted by molar-refractivity contribution is 0.0293. The molecule has 0 unspecified atom stereocenters. The Morgan fingerprint density at radius 3 is 2.26 bits per heavy atom. The molecule has 0 radical (unpaired) electrons. The Morgan fingerprint density at radius 1 is 1.16 bits per heavy atom. The van der Waals surface area contributed by atoms with Crippen LogP contribution in [0, 0.1) is 23.7 Å². The van der Waals surface area contributed by atoms with Gasteiger partial charge in [-0.25, -0.2) is 0 Å². The Bertz CT molecular complexity index is 374. The summed E-state index contributed by atoms with van der Waals surface area (Å²) < 4.78 is 6.73. The first-order valence-electron chi connectivity index (χ1n) is 7.87. The first kappa shape index (κ1) is 15.1. The van der Waals surface area contributed by atoms with Gasteiger partial charge in [-0.1, -0.05) is 33.1 Å². The summed E-state index contributed by atoms with van der Waals surface area (Å²) >= 11 is 0. The first-order valence-corrected chi connectivity index (χ1v) is 10.8. The molecule has 0 aromatic heterocycles. The van der Waals surface area contributed by atoms with Crippen LogP contribution in [0.5, 0.6) is 0 Å². The molecule has 0 spiro atoms. The monoisotopic (exact) mass is 278 g/mol. The molecule has 0 amide bonds. The first-order chi connectivity index (χ1) is 8.72. The summed E-state index contributed by atoms with van der Waals surface area (Å²) in [6, 6.07) is 0. The third kappa shape index (κ3) is 2.65. The van der Waals surface area contributed by atoms with E-state index in [9.17, 15) is 0 Å². The maximum absolute atomic E-state index is 6.73. The van der Waals surface area contributed by atoms with Crippen molar-refractivity contribution in [2.24, 2.45) is 11.3 Å². The van der Waals surface area contributed by atoms with Gasteiger partial charge in [-0.05, 0) is 50.2 Å². The molecular weight excluding hydrogens is 248 g/mol. The second-order valence-corrected chi connectivity index (χ2v) is 12.9. The van der Waals surface area contributed by atoms with Crippen LogP contribution in [-0.4, -0.2) is 14.4 Å². The van der Waals surface area contributed by atoms with Crippen molar-refractivity contribution in [3.05, 3.63) is 0 Å². The van der Waals surface area contributed by atoms with Crippen molar-refractivity contribution in [3.63, 3.8) is 0 Å². The Kier molecular flexibility index (Phi) is 3.93. The Labute approximate surface area is 120 Å². The molecule has 0 aromatic rings. The number of hydrogen-bond donors (Lipinski definition) is 0. The predicted octanol–water partition coefficient (Wildman–Crippen LogP) is 4.98. The number of terminal acetylenes is 1. The summed E-state index contributed by atoms with van der Waals surface area (Å²) in [6.07, 6.45) is 13.8. The lowest BCUT2D eigenvalue weighted by atomic mass is 9.67. The quantitative estimate of drug-likeness (QED) is 0.511. The second kappa shape index (κ2) is 4.93. The third-order valence-corrected chi connectivity index (χ3v) is 10.5. The highest BCUT2D eigenvalue weighted by molar-refractivity contribution is 6.74. The molecule has 19 heavy (non-hydrogen) atoms. The minimum absolute atomic E-state index is 0.172. The zero-order chi connectivity index (χ0) is 14.3. The van der Waals surface area contributed by atoms with Crippen LogP contribution < -0.4 is 0 Å². The fourth-order valence-corrected chi connectivity index (χ4v) is 5.11. The molecule has 0 N–H and O–H groups in total. The fourth-order valence-electron chi connectivity index (χ4n) is 3.72. The van der Waals surface area contributed by atoms with Crippen LogP contribution in [0.25, 0.3) is 0 Å². The van der Waals surface area contributed by atoms with E-state index in [2.05, 4.69) is 39.8 Å². The molecule has 2 rings (SSSR count). The average molecular weight is 279 g/mol. The Morgan fingerprint density at radius 2 is 1.74 bits per heavy atom. The van der Waals surface area contributed by atoms with Crippen LogP contribution in [-0.2, 0) is 4.43 Å². The minimum atomic E-state index is -1.67. The summed E-state index contributed by atoms with van der Waals surface area (Å²) in [7, 11) is -1.67. The van der Waals surface area contributed by atoms with E-state index >= 15 is 0 Å². The zero-order valence-corrected chi connectivity index (χ0v) is 14.4. The average Bonchev–Trinajstić information content (AvgIpc) is 2.72. The maximum Gasteiger partial charge on any atom is 0.192 e. The molecule has 0 bridgehead atoms. The van der Waals surface area contributed by atoms with Gasteiger partial charge >= 0.3 is 0 Å². The van der Waals surface area contributed by atoms with Crippen molar-refractivity contribution < 1.29 is 4.43 Å². The standard InChI is InChI=1S/C17H30OSi/c1-7-17-12-8-10-14(17)15(11-9-13-17)18-19(5,6)16(2,3)4/h1,14-15H,8-13H2,2-6H3/t14-,15+,17-/m0/s1. The van der Waals surface area contributed by atoms with Gasteiger partial charge in [-0.15, -0.1) is 6.42 Å². The van der Waals surface area contributed by atoms with E-state index in [1.165, 1.54) is 38.5 Å². The van der Waals surface area contributed by atoms with Gasteiger partial charge in [0.25, 0.3) is 0 Å². The third-order valence-electron chi connectivity index (χ3n) is 5.95.